The highest BCUT2D eigenvalue weighted by molar-refractivity contribution is 5.81. The number of esters is 1. The first-order chi connectivity index (χ1) is 12.7. The average Bonchev–Trinajstić information content (AvgIpc) is 3.24. The Morgan fingerprint density at radius 2 is 1.85 bits per heavy atom. The predicted molar refractivity (Wildman–Crippen MR) is 101 cm³/mol. The fraction of sp³-hybridized carbons (Fsp3) is 0.591. The number of hydrogen-bond acceptors (Lipinski definition) is 4. The second kappa shape index (κ2) is 7.53. The van der Waals surface area contributed by atoms with Crippen LogP contribution in [-0.4, -0.2) is 42.2 Å². The summed E-state index contributed by atoms with van der Waals surface area (Å²) in [5.74, 6) is 0.108. The van der Waals surface area contributed by atoms with Crippen LogP contribution in [-0.2, 0) is 15.1 Å². The molecule has 26 heavy (non-hydrogen) atoms. The maximum Gasteiger partial charge on any atom is 0.343 e. The molecule has 4 heteroatoms. The number of nitrogens with zero attached hydrogens (tertiary/aromatic N) is 1. The van der Waals surface area contributed by atoms with Gasteiger partial charge < -0.3 is 9.84 Å². The second-order valence-electron chi connectivity index (χ2n) is 8.04. The Kier molecular flexibility index (Phi) is 5.14. The molecule has 4 aliphatic rings. The Hall–Kier alpha value is -1.65. The summed E-state index contributed by atoms with van der Waals surface area (Å²) in [5, 5.41) is 11.4. The number of carbonyl (C=O) groups is 1. The van der Waals surface area contributed by atoms with Crippen molar-refractivity contribution in [2.45, 2.75) is 44.1 Å². The molecule has 1 N–H and O–H groups in total. The van der Waals surface area contributed by atoms with E-state index in [1.54, 1.807) is 0 Å². The van der Waals surface area contributed by atoms with E-state index in [-0.39, 0.29) is 12.5 Å². The normalized spacial score (nSPS) is 29.7. The number of ether oxygens (including phenoxy) is 1. The van der Waals surface area contributed by atoms with Crippen molar-refractivity contribution in [3.05, 3.63) is 47.5 Å². The summed E-state index contributed by atoms with van der Waals surface area (Å²) in [6.45, 7) is 3.66. The lowest BCUT2D eigenvalue weighted by atomic mass is 9.80. The maximum absolute atomic E-state index is 12.9. The molecule has 3 saturated heterocycles. The minimum absolute atomic E-state index is 0.0538. The van der Waals surface area contributed by atoms with E-state index in [0.717, 1.165) is 32.2 Å². The standard InChI is InChI=1S/C22H29NO3/c24-21(26-15-12-18-16-23-13-10-17(18)11-14-23)22(25,20-8-4-5-9-20)19-6-2-1-3-7-19/h1-3,6-7,12,17,20,25H,4-5,8-11,13-16H2/b18-12+. The largest absolute Gasteiger partial charge is 0.459 e. The lowest BCUT2D eigenvalue weighted by molar-refractivity contribution is -0.172. The molecule has 3 aliphatic heterocycles. The highest BCUT2D eigenvalue weighted by Gasteiger charge is 2.47. The first kappa shape index (κ1) is 17.7. The van der Waals surface area contributed by atoms with Gasteiger partial charge in [0.15, 0.2) is 5.60 Å². The first-order valence-electron chi connectivity index (χ1n) is 10.0. The number of rotatable bonds is 5. The number of carbonyl (C=O) groups excluding carboxylic acids is 1. The number of hydrogen-bond donors (Lipinski definition) is 1. The zero-order valence-electron chi connectivity index (χ0n) is 15.4. The highest BCUT2D eigenvalue weighted by Crippen LogP contribution is 2.41. The zero-order valence-corrected chi connectivity index (χ0v) is 15.4. The van der Waals surface area contributed by atoms with Gasteiger partial charge in [-0.25, -0.2) is 4.79 Å². The number of aliphatic hydroxyl groups is 1. The SMILES string of the molecule is O=C(OC/C=C1\CN2CCC1CC2)C(O)(c1ccccc1)C1CCCC1. The van der Waals surface area contributed by atoms with Crippen molar-refractivity contribution in [1.29, 1.82) is 0 Å². The summed E-state index contributed by atoms with van der Waals surface area (Å²) in [5.41, 5.74) is 0.539. The Morgan fingerprint density at radius 3 is 2.46 bits per heavy atom. The van der Waals surface area contributed by atoms with E-state index in [0.29, 0.717) is 11.5 Å². The van der Waals surface area contributed by atoms with Crippen molar-refractivity contribution >= 4 is 5.97 Å². The Labute approximate surface area is 155 Å². The lowest BCUT2D eigenvalue weighted by Crippen LogP contribution is -2.44. The molecule has 3 heterocycles. The molecule has 1 unspecified atom stereocenters. The maximum atomic E-state index is 12.9. The van der Waals surface area contributed by atoms with Crippen LogP contribution in [0.25, 0.3) is 0 Å². The van der Waals surface area contributed by atoms with Crippen LogP contribution in [0, 0.1) is 11.8 Å². The molecule has 5 rings (SSSR count). The van der Waals surface area contributed by atoms with Gasteiger partial charge in [-0.3, -0.25) is 4.90 Å². The topological polar surface area (TPSA) is 49.8 Å². The number of benzene rings is 1. The van der Waals surface area contributed by atoms with Crippen molar-refractivity contribution in [1.82, 2.24) is 4.90 Å². The van der Waals surface area contributed by atoms with Crippen molar-refractivity contribution < 1.29 is 14.6 Å². The molecule has 140 valence electrons. The molecule has 0 radical (unpaired) electrons. The molecule has 1 saturated carbocycles. The van der Waals surface area contributed by atoms with Crippen LogP contribution in [0.4, 0.5) is 0 Å². The summed E-state index contributed by atoms with van der Waals surface area (Å²) in [7, 11) is 0. The van der Waals surface area contributed by atoms with Crippen LogP contribution in [0.1, 0.15) is 44.1 Å². The van der Waals surface area contributed by atoms with E-state index in [9.17, 15) is 9.90 Å². The van der Waals surface area contributed by atoms with Crippen LogP contribution in [0.2, 0.25) is 0 Å². The smallest absolute Gasteiger partial charge is 0.343 e. The third-order valence-corrected chi connectivity index (χ3v) is 6.55. The van der Waals surface area contributed by atoms with Gasteiger partial charge in [0.05, 0.1) is 0 Å². The summed E-state index contributed by atoms with van der Waals surface area (Å²) in [4.78, 5) is 15.4. The molecular weight excluding hydrogens is 326 g/mol. The summed E-state index contributed by atoms with van der Waals surface area (Å²) in [6, 6.07) is 9.33. The molecule has 4 fully saturated rings. The molecule has 2 bridgehead atoms. The molecule has 0 spiro atoms. The van der Waals surface area contributed by atoms with Gasteiger partial charge in [-0.15, -0.1) is 0 Å². The predicted octanol–water partition coefficient (Wildman–Crippen LogP) is 3.26. The quantitative estimate of drug-likeness (QED) is 0.651. The van der Waals surface area contributed by atoms with Crippen LogP contribution in [0.3, 0.4) is 0 Å². The monoisotopic (exact) mass is 355 g/mol. The third-order valence-electron chi connectivity index (χ3n) is 6.55. The average molecular weight is 355 g/mol. The Bertz CT molecular complexity index is 657. The highest BCUT2D eigenvalue weighted by atomic mass is 16.5. The van der Waals surface area contributed by atoms with E-state index in [4.69, 9.17) is 4.74 Å². The molecule has 0 aromatic heterocycles. The van der Waals surface area contributed by atoms with Gasteiger partial charge in [0.25, 0.3) is 0 Å². The molecule has 4 nitrogen and oxygen atoms in total. The first-order valence-corrected chi connectivity index (χ1v) is 10.0. The Morgan fingerprint density at radius 1 is 1.15 bits per heavy atom. The van der Waals surface area contributed by atoms with Gasteiger partial charge >= 0.3 is 5.97 Å². The van der Waals surface area contributed by atoms with Gasteiger partial charge in [0.2, 0.25) is 0 Å². The van der Waals surface area contributed by atoms with E-state index in [1.165, 1.54) is 31.5 Å². The van der Waals surface area contributed by atoms with Crippen molar-refractivity contribution in [3.8, 4) is 0 Å². The molecule has 1 aromatic rings. The van der Waals surface area contributed by atoms with Crippen LogP contribution >= 0.6 is 0 Å². The van der Waals surface area contributed by atoms with Crippen LogP contribution < -0.4 is 0 Å². The van der Waals surface area contributed by atoms with Gasteiger partial charge in [-0.2, -0.15) is 0 Å². The van der Waals surface area contributed by atoms with E-state index < -0.39 is 11.6 Å². The molecule has 1 aromatic carbocycles. The van der Waals surface area contributed by atoms with Gasteiger partial charge in [0.1, 0.15) is 6.61 Å². The van der Waals surface area contributed by atoms with E-state index in [2.05, 4.69) is 11.0 Å². The van der Waals surface area contributed by atoms with E-state index in [1.807, 2.05) is 30.3 Å². The second-order valence-corrected chi connectivity index (χ2v) is 8.04. The Balaban J connectivity index is 1.47. The van der Waals surface area contributed by atoms with Gasteiger partial charge in [-0.1, -0.05) is 48.7 Å². The fourth-order valence-corrected chi connectivity index (χ4v) is 4.97. The summed E-state index contributed by atoms with van der Waals surface area (Å²) >= 11 is 0. The third kappa shape index (κ3) is 3.33. The van der Waals surface area contributed by atoms with E-state index >= 15 is 0 Å². The number of piperidine rings is 3. The van der Waals surface area contributed by atoms with Gasteiger partial charge in [0, 0.05) is 12.5 Å². The zero-order chi connectivity index (χ0) is 18.0. The summed E-state index contributed by atoms with van der Waals surface area (Å²) in [6.07, 6.45) is 8.39. The van der Waals surface area contributed by atoms with Crippen molar-refractivity contribution in [2.75, 3.05) is 26.2 Å². The molecule has 1 aliphatic carbocycles. The summed E-state index contributed by atoms with van der Waals surface area (Å²) < 4.78 is 5.60. The van der Waals surface area contributed by atoms with Crippen LogP contribution in [0.5, 0.6) is 0 Å². The number of fused-ring (bicyclic) bond motifs is 3. The van der Waals surface area contributed by atoms with Gasteiger partial charge in [-0.05, 0) is 56.3 Å². The van der Waals surface area contributed by atoms with Crippen molar-refractivity contribution in [3.63, 3.8) is 0 Å². The lowest BCUT2D eigenvalue weighted by Gasteiger charge is -2.41. The molecule has 1 atom stereocenters. The minimum Gasteiger partial charge on any atom is -0.459 e. The minimum atomic E-state index is -1.52. The fourth-order valence-electron chi connectivity index (χ4n) is 4.97. The molecular formula is C22H29NO3. The molecule has 0 amide bonds. The van der Waals surface area contributed by atoms with Crippen molar-refractivity contribution in [2.24, 2.45) is 11.8 Å². The van der Waals surface area contributed by atoms with Crippen LogP contribution in [0.15, 0.2) is 42.0 Å².